The Morgan fingerprint density at radius 3 is 2.34 bits per heavy atom. The molecule has 0 aliphatic carbocycles. The van der Waals surface area contributed by atoms with E-state index in [2.05, 4.69) is 24.4 Å². The van der Waals surface area contributed by atoms with Gasteiger partial charge in [0, 0.05) is 24.5 Å². The normalized spacial score (nSPS) is 14.8. The molecule has 0 spiro atoms. The number of urea groups is 1. The van der Waals surface area contributed by atoms with Gasteiger partial charge in [-0.3, -0.25) is 9.69 Å². The molecule has 0 radical (unpaired) electrons. The van der Waals surface area contributed by atoms with E-state index in [-0.39, 0.29) is 18.0 Å². The summed E-state index contributed by atoms with van der Waals surface area (Å²) in [5.74, 6) is 0.278. The number of carbonyl (C=O) groups excluding carboxylic acids is 2. The summed E-state index contributed by atoms with van der Waals surface area (Å²) < 4.78 is 5.27. The Morgan fingerprint density at radius 1 is 0.938 bits per heavy atom. The molecule has 6 nitrogen and oxygen atoms in total. The van der Waals surface area contributed by atoms with Gasteiger partial charge in [0.15, 0.2) is 0 Å². The van der Waals surface area contributed by atoms with E-state index in [0.717, 1.165) is 24.2 Å². The van der Waals surface area contributed by atoms with Gasteiger partial charge in [-0.05, 0) is 55.3 Å². The molecule has 0 aromatic heterocycles. The average Bonchev–Trinajstić information content (AvgIpc) is 2.85. The van der Waals surface area contributed by atoms with Crippen molar-refractivity contribution < 1.29 is 14.3 Å². The van der Waals surface area contributed by atoms with Crippen LogP contribution in [0.4, 0.5) is 16.2 Å². The van der Waals surface area contributed by atoms with Gasteiger partial charge in [0.25, 0.3) is 5.91 Å². The third-order valence-electron chi connectivity index (χ3n) is 5.80. The van der Waals surface area contributed by atoms with Gasteiger partial charge in [0.2, 0.25) is 0 Å². The second kappa shape index (κ2) is 9.56. The van der Waals surface area contributed by atoms with Crippen molar-refractivity contribution in [2.45, 2.75) is 19.4 Å². The Morgan fingerprint density at radius 2 is 1.62 bits per heavy atom. The smallest absolute Gasteiger partial charge is 0.324 e. The van der Waals surface area contributed by atoms with Crippen LogP contribution in [0.15, 0.2) is 78.9 Å². The number of benzene rings is 3. The van der Waals surface area contributed by atoms with E-state index in [1.54, 1.807) is 30.2 Å². The lowest BCUT2D eigenvalue weighted by atomic mass is 10.1. The topological polar surface area (TPSA) is 61.9 Å². The number of hydrogen-bond donors (Lipinski definition) is 1. The second-order valence-electron chi connectivity index (χ2n) is 7.77. The van der Waals surface area contributed by atoms with Crippen LogP contribution in [0.3, 0.4) is 0 Å². The van der Waals surface area contributed by atoms with Crippen LogP contribution >= 0.6 is 0 Å². The standard InChI is InChI=1S/C26H27N3O3/c1-19(20-9-4-3-5-10-20)28-17-8-18-29(26(28)31)22-15-13-21(14-16-22)27-25(30)23-11-6-7-12-24(23)32-2/h3-7,9-16,19H,8,17-18H2,1-2H3,(H,27,30). The van der Waals surface area contributed by atoms with Crippen LogP contribution in [0.2, 0.25) is 0 Å². The molecular weight excluding hydrogens is 402 g/mol. The molecule has 1 N–H and O–H groups in total. The monoisotopic (exact) mass is 429 g/mol. The largest absolute Gasteiger partial charge is 0.496 e. The summed E-state index contributed by atoms with van der Waals surface area (Å²) in [6.45, 7) is 3.47. The van der Waals surface area contributed by atoms with E-state index >= 15 is 0 Å². The average molecular weight is 430 g/mol. The Hall–Kier alpha value is -3.80. The molecule has 164 valence electrons. The Labute approximate surface area is 188 Å². The van der Waals surface area contributed by atoms with Crippen LogP contribution in [-0.2, 0) is 0 Å². The second-order valence-corrected chi connectivity index (χ2v) is 7.77. The van der Waals surface area contributed by atoms with Crippen LogP contribution in [-0.4, -0.2) is 37.0 Å². The zero-order valence-corrected chi connectivity index (χ0v) is 18.3. The Kier molecular flexibility index (Phi) is 6.40. The molecule has 4 rings (SSSR count). The van der Waals surface area contributed by atoms with Crippen molar-refractivity contribution in [3.63, 3.8) is 0 Å². The third-order valence-corrected chi connectivity index (χ3v) is 5.80. The Balaban J connectivity index is 1.46. The van der Waals surface area contributed by atoms with Crippen molar-refractivity contribution in [3.05, 3.63) is 90.0 Å². The first kappa shape index (κ1) is 21.4. The number of nitrogens with one attached hydrogen (secondary N) is 1. The van der Waals surface area contributed by atoms with E-state index in [1.807, 2.05) is 53.4 Å². The molecule has 0 saturated carbocycles. The zero-order valence-electron chi connectivity index (χ0n) is 18.3. The zero-order chi connectivity index (χ0) is 22.5. The summed E-state index contributed by atoms with van der Waals surface area (Å²) in [5.41, 5.74) is 3.06. The van der Waals surface area contributed by atoms with E-state index in [1.165, 1.54) is 0 Å². The molecule has 1 saturated heterocycles. The number of methoxy groups -OCH3 is 1. The maximum absolute atomic E-state index is 13.2. The molecule has 3 aromatic rings. The number of rotatable bonds is 6. The molecule has 1 fully saturated rings. The fourth-order valence-corrected chi connectivity index (χ4v) is 4.01. The minimum atomic E-state index is -0.243. The highest BCUT2D eigenvalue weighted by molar-refractivity contribution is 6.06. The molecule has 1 atom stereocenters. The van der Waals surface area contributed by atoms with Crippen molar-refractivity contribution in [1.82, 2.24) is 4.90 Å². The minimum Gasteiger partial charge on any atom is -0.496 e. The summed E-state index contributed by atoms with van der Waals surface area (Å²) in [4.78, 5) is 29.6. The lowest BCUT2D eigenvalue weighted by molar-refractivity contribution is 0.102. The van der Waals surface area contributed by atoms with Crippen molar-refractivity contribution in [2.24, 2.45) is 0 Å². The fourth-order valence-electron chi connectivity index (χ4n) is 4.01. The number of para-hydroxylation sites is 1. The maximum Gasteiger partial charge on any atom is 0.324 e. The predicted octanol–water partition coefficient (Wildman–Crippen LogP) is 5.34. The maximum atomic E-state index is 13.2. The van der Waals surface area contributed by atoms with Crippen LogP contribution in [0.5, 0.6) is 5.75 Å². The first-order valence-electron chi connectivity index (χ1n) is 10.8. The Bertz CT molecular complexity index is 1080. The van der Waals surface area contributed by atoms with Gasteiger partial charge in [0.1, 0.15) is 5.75 Å². The van der Waals surface area contributed by atoms with Gasteiger partial charge in [-0.2, -0.15) is 0 Å². The summed E-state index contributed by atoms with van der Waals surface area (Å²) >= 11 is 0. The number of nitrogens with zero attached hydrogens (tertiary/aromatic N) is 2. The quantitative estimate of drug-likeness (QED) is 0.575. The van der Waals surface area contributed by atoms with Crippen molar-refractivity contribution >= 4 is 23.3 Å². The van der Waals surface area contributed by atoms with Gasteiger partial charge in [-0.15, -0.1) is 0 Å². The van der Waals surface area contributed by atoms with E-state index in [4.69, 9.17) is 4.74 Å². The summed E-state index contributed by atoms with van der Waals surface area (Å²) in [5, 5.41) is 2.89. The molecule has 3 amide bonds. The molecule has 1 aliphatic rings. The number of ether oxygens (including phenoxy) is 1. The van der Waals surface area contributed by atoms with Gasteiger partial charge >= 0.3 is 6.03 Å². The molecule has 6 heteroatoms. The molecule has 32 heavy (non-hydrogen) atoms. The van der Waals surface area contributed by atoms with E-state index < -0.39 is 0 Å². The van der Waals surface area contributed by atoms with Crippen molar-refractivity contribution in [3.8, 4) is 5.75 Å². The van der Waals surface area contributed by atoms with E-state index in [0.29, 0.717) is 23.5 Å². The first-order valence-corrected chi connectivity index (χ1v) is 10.8. The van der Waals surface area contributed by atoms with Gasteiger partial charge in [-0.25, -0.2) is 4.79 Å². The number of carbonyl (C=O) groups is 2. The highest BCUT2D eigenvalue weighted by atomic mass is 16.5. The van der Waals surface area contributed by atoms with Crippen molar-refractivity contribution in [2.75, 3.05) is 30.4 Å². The van der Waals surface area contributed by atoms with E-state index in [9.17, 15) is 9.59 Å². The van der Waals surface area contributed by atoms with Crippen LogP contribution < -0.4 is 15.0 Å². The predicted molar refractivity (Wildman–Crippen MR) is 126 cm³/mol. The highest BCUT2D eigenvalue weighted by Crippen LogP contribution is 2.28. The van der Waals surface area contributed by atoms with Gasteiger partial charge in [0.05, 0.1) is 18.7 Å². The lowest BCUT2D eigenvalue weighted by Gasteiger charge is -2.39. The molecule has 1 aliphatic heterocycles. The number of hydrogen-bond acceptors (Lipinski definition) is 3. The first-order chi connectivity index (χ1) is 15.6. The van der Waals surface area contributed by atoms with Crippen molar-refractivity contribution in [1.29, 1.82) is 0 Å². The van der Waals surface area contributed by atoms with Crippen LogP contribution in [0, 0.1) is 0 Å². The van der Waals surface area contributed by atoms with Gasteiger partial charge in [-0.1, -0.05) is 42.5 Å². The molecule has 1 heterocycles. The lowest BCUT2D eigenvalue weighted by Crippen LogP contribution is -2.50. The summed E-state index contributed by atoms with van der Waals surface area (Å²) in [6, 6.07) is 24.5. The molecule has 0 bridgehead atoms. The number of anilines is 2. The summed E-state index contributed by atoms with van der Waals surface area (Å²) in [7, 11) is 1.54. The van der Waals surface area contributed by atoms with Gasteiger partial charge < -0.3 is 15.0 Å². The third kappa shape index (κ3) is 4.44. The fraction of sp³-hybridized carbons (Fsp3) is 0.231. The highest BCUT2D eigenvalue weighted by Gasteiger charge is 2.30. The minimum absolute atomic E-state index is 0.00147. The van der Waals surface area contributed by atoms with Crippen LogP contribution in [0.1, 0.15) is 35.3 Å². The SMILES string of the molecule is COc1ccccc1C(=O)Nc1ccc(N2CCCN(C(C)c3ccccc3)C2=O)cc1. The molecule has 1 unspecified atom stereocenters. The molecule has 3 aromatic carbocycles. The molecular formula is C26H27N3O3. The summed E-state index contributed by atoms with van der Waals surface area (Å²) in [6.07, 6.45) is 0.898. The van der Waals surface area contributed by atoms with Crippen LogP contribution in [0.25, 0.3) is 0 Å². The number of amides is 3.